The van der Waals surface area contributed by atoms with Gasteiger partial charge in [-0.2, -0.15) is 0 Å². The van der Waals surface area contributed by atoms with Crippen molar-refractivity contribution in [2.24, 2.45) is 29.6 Å². The smallest absolute Gasteiger partial charge is 0.307 e. The van der Waals surface area contributed by atoms with Crippen molar-refractivity contribution in [3.63, 3.8) is 0 Å². The standard InChI is InChI=1S/C20H32N2O3/c1-12-3-17(19(24)25)11-22(10-12)13(2)18(23)21-20-7-14-4-15(8-20)6-16(5-14)9-20/h12-17H,3-11H2,1-2H3,(H,21,23)(H,24,25). The number of carbonyl (C=O) groups is 2. The van der Waals surface area contributed by atoms with Crippen molar-refractivity contribution >= 4 is 11.9 Å². The van der Waals surface area contributed by atoms with Crippen LogP contribution in [0.5, 0.6) is 0 Å². The van der Waals surface area contributed by atoms with Crippen LogP contribution in [-0.4, -0.2) is 46.6 Å². The normalized spacial score (nSPS) is 44.5. The molecule has 140 valence electrons. The van der Waals surface area contributed by atoms with Crippen molar-refractivity contribution in [2.45, 2.75) is 70.4 Å². The van der Waals surface area contributed by atoms with Gasteiger partial charge in [0.1, 0.15) is 0 Å². The molecule has 1 saturated heterocycles. The number of nitrogens with one attached hydrogen (secondary N) is 1. The Morgan fingerprint density at radius 3 is 2.12 bits per heavy atom. The van der Waals surface area contributed by atoms with Gasteiger partial charge in [-0.15, -0.1) is 0 Å². The van der Waals surface area contributed by atoms with Crippen molar-refractivity contribution in [2.75, 3.05) is 13.1 Å². The van der Waals surface area contributed by atoms with Crippen molar-refractivity contribution in [3.05, 3.63) is 0 Å². The molecule has 3 atom stereocenters. The van der Waals surface area contributed by atoms with Crippen LogP contribution in [0.3, 0.4) is 0 Å². The van der Waals surface area contributed by atoms with E-state index in [0.29, 0.717) is 12.5 Å². The summed E-state index contributed by atoms with van der Waals surface area (Å²) in [5.74, 6) is 1.79. The summed E-state index contributed by atoms with van der Waals surface area (Å²) < 4.78 is 0. The lowest BCUT2D eigenvalue weighted by atomic mass is 9.53. The van der Waals surface area contributed by atoms with Crippen LogP contribution in [0.1, 0.15) is 58.8 Å². The summed E-state index contributed by atoms with van der Waals surface area (Å²) in [6.07, 6.45) is 8.30. The molecule has 5 aliphatic rings. The van der Waals surface area contributed by atoms with E-state index in [1.54, 1.807) is 0 Å². The molecule has 4 saturated carbocycles. The number of rotatable bonds is 4. The number of carboxylic acids is 1. The minimum atomic E-state index is -0.731. The van der Waals surface area contributed by atoms with Crippen molar-refractivity contribution in [1.29, 1.82) is 0 Å². The first-order chi connectivity index (χ1) is 11.8. The summed E-state index contributed by atoms with van der Waals surface area (Å²) in [5.41, 5.74) is 0.0354. The van der Waals surface area contributed by atoms with E-state index >= 15 is 0 Å². The Labute approximate surface area is 150 Å². The van der Waals surface area contributed by atoms with Gasteiger partial charge in [-0.05, 0) is 75.5 Å². The van der Waals surface area contributed by atoms with Gasteiger partial charge in [0, 0.05) is 18.6 Å². The first-order valence-corrected chi connectivity index (χ1v) is 10.1. The highest BCUT2D eigenvalue weighted by atomic mass is 16.4. The predicted octanol–water partition coefficient (Wildman–Crippen LogP) is 2.50. The molecule has 5 heteroatoms. The number of hydrogen-bond acceptors (Lipinski definition) is 3. The number of aliphatic carboxylic acids is 1. The molecule has 0 aromatic heterocycles. The largest absolute Gasteiger partial charge is 0.481 e. The Morgan fingerprint density at radius 2 is 1.60 bits per heavy atom. The maximum Gasteiger partial charge on any atom is 0.307 e. The molecule has 4 bridgehead atoms. The number of hydrogen-bond donors (Lipinski definition) is 2. The second kappa shape index (κ2) is 6.26. The van der Waals surface area contributed by atoms with Gasteiger partial charge in [-0.25, -0.2) is 0 Å². The minimum Gasteiger partial charge on any atom is -0.481 e. The third-order valence-corrected chi connectivity index (χ3v) is 7.39. The number of carbonyl (C=O) groups excluding carboxylic acids is 1. The maximum absolute atomic E-state index is 13.0. The van der Waals surface area contributed by atoms with Gasteiger partial charge in [-0.3, -0.25) is 14.5 Å². The summed E-state index contributed by atoms with van der Waals surface area (Å²) >= 11 is 0. The minimum absolute atomic E-state index is 0.0354. The van der Waals surface area contributed by atoms with E-state index in [1.165, 1.54) is 19.3 Å². The number of piperidine rings is 1. The molecule has 0 aromatic carbocycles. The molecule has 2 N–H and O–H groups in total. The molecule has 4 aliphatic carbocycles. The Morgan fingerprint density at radius 1 is 1.04 bits per heavy atom. The molecular formula is C20H32N2O3. The van der Waals surface area contributed by atoms with Crippen molar-refractivity contribution in [1.82, 2.24) is 10.2 Å². The zero-order valence-corrected chi connectivity index (χ0v) is 15.5. The van der Waals surface area contributed by atoms with Crippen LogP contribution in [0.25, 0.3) is 0 Å². The van der Waals surface area contributed by atoms with Gasteiger partial charge in [0.05, 0.1) is 12.0 Å². The average molecular weight is 348 g/mol. The van der Waals surface area contributed by atoms with E-state index in [0.717, 1.165) is 50.0 Å². The fraction of sp³-hybridized carbons (Fsp3) is 0.900. The summed E-state index contributed by atoms with van der Waals surface area (Å²) in [6, 6.07) is -0.238. The molecule has 5 fully saturated rings. The summed E-state index contributed by atoms with van der Waals surface area (Å²) in [7, 11) is 0. The molecule has 1 aliphatic heterocycles. The Kier molecular flexibility index (Phi) is 4.33. The monoisotopic (exact) mass is 348 g/mol. The second-order valence-electron chi connectivity index (χ2n) is 9.69. The van der Waals surface area contributed by atoms with Crippen LogP contribution in [0.15, 0.2) is 0 Å². The lowest BCUT2D eigenvalue weighted by Gasteiger charge is -2.57. The Hall–Kier alpha value is -1.10. The van der Waals surface area contributed by atoms with Gasteiger partial charge in [0.15, 0.2) is 0 Å². The molecule has 0 spiro atoms. The van der Waals surface area contributed by atoms with Gasteiger partial charge in [0.2, 0.25) is 5.91 Å². The first-order valence-electron chi connectivity index (χ1n) is 10.1. The fourth-order valence-corrected chi connectivity index (χ4v) is 6.68. The van der Waals surface area contributed by atoms with Crippen LogP contribution in [-0.2, 0) is 9.59 Å². The first kappa shape index (κ1) is 17.3. The molecule has 0 radical (unpaired) electrons. The average Bonchev–Trinajstić information content (AvgIpc) is 2.51. The van der Waals surface area contributed by atoms with Gasteiger partial charge in [-0.1, -0.05) is 6.92 Å². The van der Waals surface area contributed by atoms with Crippen LogP contribution < -0.4 is 5.32 Å². The van der Waals surface area contributed by atoms with Gasteiger partial charge in [0.25, 0.3) is 0 Å². The number of likely N-dealkylation sites (tertiary alicyclic amines) is 1. The van der Waals surface area contributed by atoms with Gasteiger partial charge < -0.3 is 10.4 Å². The van der Waals surface area contributed by atoms with E-state index in [2.05, 4.69) is 17.1 Å². The highest BCUT2D eigenvalue weighted by molar-refractivity contribution is 5.82. The molecule has 5 rings (SSSR count). The van der Waals surface area contributed by atoms with E-state index < -0.39 is 5.97 Å². The number of amides is 1. The van der Waals surface area contributed by atoms with Crippen molar-refractivity contribution < 1.29 is 14.7 Å². The zero-order valence-electron chi connectivity index (χ0n) is 15.5. The lowest BCUT2D eigenvalue weighted by molar-refractivity contribution is -0.146. The summed E-state index contributed by atoms with van der Waals surface area (Å²) in [6.45, 7) is 5.35. The predicted molar refractivity (Wildman–Crippen MR) is 95.0 cm³/mol. The van der Waals surface area contributed by atoms with Crippen LogP contribution in [0, 0.1) is 29.6 Å². The topological polar surface area (TPSA) is 69.6 Å². The SMILES string of the molecule is CC1CC(C(=O)O)CN(C(C)C(=O)NC23CC4CC(CC(C4)C2)C3)C1. The van der Waals surface area contributed by atoms with Gasteiger partial charge >= 0.3 is 5.97 Å². The van der Waals surface area contributed by atoms with Crippen molar-refractivity contribution in [3.8, 4) is 0 Å². The lowest BCUT2D eigenvalue weighted by Crippen LogP contribution is -2.63. The third kappa shape index (κ3) is 3.32. The highest BCUT2D eigenvalue weighted by Crippen LogP contribution is 2.55. The van der Waals surface area contributed by atoms with Crippen LogP contribution in [0.2, 0.25) is 0 Å². The quantitative estimate of drug-likeness (QED) is 0.819. The van der Waals surface area contributed by atoms with E-state index in [1.807, 2.05) is 6.92 Å². The third-order valence-electron chi connectivity index (χ3n) is 7.39. The van der Waals surface area contributed by atoms with E-state index in [4.69, 9.17) is 0 Å². The number of nitrogens with zero attached hydrogens (tertiary/aromatic N) is 1. The number of carboxylic acid groups (broad SMARTS) is 1. The fourth-order valence-electron chi connectivity index (χ4n) is 6.68. The Balaban J connectivity index is 1.41. The molecule has 0 aromatic rings. The van der Waals surface area contributed by atoms with E-state index in [9.17, 15) is 14.7 Å². The molecular weight excluding hydrogens is 316 g/mol. The second-order valence-corrected chi connectivity index (χ2v) is 9.69. The summed E-state index contributed by atoms with van der Waals surface area (Å²) in [5, 5.41) is 12.8. The molecule has 3 unspecified atom stereocenters. The molecule has 1 amide bonds. The highest BCUT2D eigenvalue weighted by Gasteiger charge is 2.52. The van der Waals surface area contributed by atoms with E-state index in [-0.39, 0.29) is 23.4 Å². The summed E-state index contributed by atoms with van der Waals surface area (Å²) in [4.78, 5) is 26.5. The maximum atomic E-state index is 13.0. The molecule has 25 heavy (non-hydrogen) atoms. The molecule has 1 heterocycles. The Bertz CT molecular complexity index is 526. The molecule has 5 nitrogen and oxygen atoms in total. The zero-order chi connectivity index (χ0) is 17.8. The van der Waals surface area contributed by atoms with Crippen LogP contribution in [0.4, 0.5) is 0 Å². The van der Waals surface area contributed by atoms with Crippen LogP contribution >= 0.6 is 0 Å².